The first-order valence-electron chi connectivity index (χ1n) is 5.61. The highest BCUT2D eigenvalue weighted by atomic mass is 79.9. The molecule has 0 fully saturated rings. The summed E-state index contributed by atoms with van der Waals surface area (Å²) in [6.45, 7) is 0. The Labute approximate surface area is 138 Å². The number of amides is 1. The van der Waals surface area contributed by atoms with E-state index in [1.807, 2.05) is 0 Å². The Morgan fingerprint density at radius 3 is 2.50 bits per heavy atom. The van der Waals surface area contributed by atoms with Crippen molar-refractivity contribution >= 4 is 55.1 Å². The summed E-state index contributed by atoms with van der Waals surface area (Å²) in [5.41, 5.74) is 1.11. The molecule has 0 atom stereocenters. The number of halogens is 3. The number of hydrogen-bond acceptors (Lipinski definition) is 2. The molecular weight excluding hydrogens is 409 g/mol. The van der Waals surface area contributed by atoms with Crippen LogP contribution in [0.2, 0.25) is 5.02 Å². The Morgan fingerprint density at radius 2 is 1.85 bits per heavy atom. The summed E-state index contributed by atoms with van der Waals surface area (Å²) < 4.78 is 6.59. The summed E-state index contributed by atoms with van der Waals surface area (Å²) >= 11 is 12.6. The molecule has 0 bridgehead atoms. The van der Waals surface area contributed by atoms with Crippen LogP contribution >= 0.6 is 43.5 Å². The van der Waals surface area contributed by atoms with Crippen molar-refractivity contribution in [2.24, 2.45) is 0 Å². The summed E-state index contributed by atoms with van der Waals surface area (Å²) in [5.74, 6) is 0.376. The van der Waals surface area contributed by atoms with Gasteiger partial charge >= 0.3 is 0 Å². The van der Waals surface area contributed by atoms with Gasteiger partial charge in [0.1, 0.15) is 5.75 Å². The summed E-state index contributed by atoms with van der Waals surface area (Å²) in [7, 11) is 1.55. The number of methoxy groups -OCH3 is 1. The lowest BCUT2D eigenvalue weighted by Gasteiger charge is -2.09. The molecule has 2 aromatic rings. The van der Waals surface area contributed by atoms with Crippen molar-refractivity contribution in [3.63, 3.8) is 0 Å². The van der Waals surface area contributed by atoms with E-state index in [0.717, 1.165) is 4.47 Å². The standard InChI is InChI=1S/C14H10Br2ClNO2/c1-20-9-3-5-11(15)10(7-9)14(19)18-8-2-4-12(16)13(17)6-8/h2-7H,1H3,(H,18,19). The van der Waals surface area contributed by atoms with Crippen LogP contribution in [0.3, 0.4) is 0 Å². The Hall–Kier alpha value is -1.04. The van der Waals surface area contributed by atoms with Gasteiger partial charge in [-0.3, -0.25) is 4.79 Å². The van der Waals surface area contributed by atoms with Gasteiger partial charge in [0.2, 0.25) is 0 Å². The van der Waals surface area contributed by atoms with E-state index < -0.39 is 0 Å². The van der Waals surface area contributed by atoms with Crippen LogP contribution in [0.1, 0.15) is 10.4 Å². The first-order chi connectivity index (χ1) is 9.51. The first kappa shape index (κ1) is 15.4. The lowest BCUT2D eigenvalue weighted by atomic mass is 10.2. The van der Waals surface area contributed by atoms with E-state index >= 15 is 0 Å². The number of rotatable bonds is 3. The third-order valence-electron chi connectivity index (χ3n) is 2.60. The molecule has 0 heterocycles. The van der Waals surface area contributed by atoms with Crippen molar-refractivity contribution in [2.45, 2.75) is 0 Å². The van der Waals surface area contributed by atoms with E-state index in [-0.39, 0.29) is 5.91 Å². The van der Waals surface area contributed by atoms with Crippen LogP contribution in [0.4, 0.5) is 5.69 Å². The minimum atomic E-state index is -0.242. The smallest absolute Gasteiger partial charge is 0.256 e. The average molecular weight is 420 g/mol. The van der Waals surface area contributed by atoms with Gasteiger partial charge in [-0.05, 0) is 68.3 Å². The van der Waals surface area contributed by atoms with Crippen molar-refractivity contribution in [1.29, 1.82) is 0 Å². The zero-order chi connectivity index (χ0) is 14.7. The number of anilines is 1. The number of carbonyl (C=O) groups excluding carboxylic acids is 1. The van der Waals surface area contributed by atoms with Crippen LogP contribution in [0.5, 0.6) is 5.75 Å². The van der Waals surface area contributed by atoms with Gasteiger partial charge in [0.05, 0.1) is 17.7 Å². The largest absolute Gasteiger partial charge is 0.497 e. The fourth-order valence-electron chi connectivity index (χ4n) is 1.58. The van der Waals surface area contributed by atoms with Gasteiger partial charge in [-0.15, -0.1) is 0 Å². The molecule has 0 aliphatic heterocycles. The maximum atomic E-state index is 12.2. The molecule has 0 spiro atoms. The highest BCUT2D eigenvalue weighted by Gasteiger charge is 2.12. The fraction of sp³-hybridized carbons (Fsp3) is 0.0714. The van der Waals surface area contributed by atoms with E-state index in [1.165, 1.54) is 0 Å². The van der Waals surface area contributed by atoms with Crippen molar-refractivity contribution < 1.29 is 9.53 Å². The second-order valence-corrected chi connectivity index (χ2v) is 6.04. The molecule has 20 heavy (non-hydrogen) atoms. The molecule has 0 saturated heterocycles. The Balaban J connectivity index is 2.25. The zero-order valence-corrected chi connectivity index (χ0v) is 14.3. The average Bonchev–Trinajstić information content (AvgIpc) is 2.43. The molecule has 0 aliphatic carbocycles. The molecular formula is C14H10Br2ClNO2. The monoisotopic (exact) mass is 417 g/mol. The van der Waals surface area contributed by atoms with Gasteiger partial charge in [-0.2, -0.15) is 0 Å². The van der Waals surface area contributed by atoms with Crippen LogP contribution in [-0.2, 0) is 0 Å². The number of hydrogen-bond donors (Lipinski definition) is 1. The van der Waals surface area contributed by atoms with Gasteiger partial charge in [-0.1, -0.05) is 11.6 Å². The third-order valence-corrected chi connectivity index (χ3v) is 4.52. The van der Waals surface area contributed by atoms with Crippen LogP contribution in [-0.4, -0.2) is 13.0 Å². The second-order valence-electron chi connectivity index (χ2n) is 3.93. The molecule has 104 valence electrons. The van der Waals surface area contributed by atoms with Crippen molar-refractivity contribution in [2.75, 3.05) is 12.4 Å². The topological polar surface area (TPSA) is 38.3 Å². The zero-order valence-electron chi connectivity index (χ0n) is 10.4. The molecule has 2 rings (SSSR count). The van der Waals surface area contributed by atoms with E-state index in [2.05, 4.69) is 37.2 Å². The summed E-state index contributed by atoms with van der Waals surface area (Å²) in [6, 6.07) is 10.4. The van der Waals surface area contributed by atoms with Gasteiger partial charge in [0, 0.05) is 14.6 Å². The highest BCUT2D eigenvalue weighted by Crippen LogP contribution is 2.27. The molecule has 0 aliphatic rings. The summed E-state index contributed by atoms with van der Waals surface area (Å²) in [6.07, 6.45) is 0. The number of nitrogens with one attached hydrogen (secondary N) is 1. The van der Waals surface area contributed by atoms with E-state index in [9.17, 15) is 4.79 Å². The Morgan fingerprint density at radius 1 is 1.15 bits per heavy atom. The fourth-order valence-corrected chi connectivity index (χ4v) is 2.43. The number of benzene rings is 2. The molecule has 1 N–H and O–H groups in total. The number of carbonyl (C=O) groups is 1. The third kappa shape index (κ3) is 3.53. The van der Waals surface area contributed by atoms with E-state index in [4.69, 9.17) is 16.3 Å². The van der Waals surface area contributed by atoms with Crippen LogP contribution in [0.25, 0.3) is 0 Å². The van der Waals surface area contributed by atoms with Gasteiger partial charge < -0.3 is 10.1 Å². The van der Waals surface area contributed by atoms with Crippen molar-refractivity contribution in [3.8, 4) is 5.75 Å². The molecule has 0 radical (unpaired) electrons. The SMILES string of the molecule is COc1ccc(Br)c(C(=O)Nc2ccc(Br)c(Cl)c2)c1. The molecule has 1 amide bonds. The Bertz CT molecular complexity index is 662. The van der Waals surface area contributed by atoms with Crippen LogP contribution in [0.15, 0.2) is 45.3 Å². The Kier molecular flexibility index (Phi) is 5.07. The normalized spacial score (nSPS) is 10.2. The molecule has 3 nitrogen and oxygen atoms in total. The molecule has 0 saturated carbocycles. The van der Waals surface area contributed by atoms with Gasteiger partial charge in [0.25, 0.3) is 5.91 Å². The van der Waals surface area contributed by atoms with Gasteiger partial charge in [-0.25, -0.2) is 0 Å². The first-order valence-corrected chi connectivity index (χ1v) is 7.57. The summed E-state index contributed by atoms with van der Waals surface area (Å²) in [4.78, 5) is 12.2. The highest BCUT2D eigenvalue weighted by molar-refractivity contribution is 9.10. The quantitative estimate of drug-likeness (QED) is 0.749. The number of ether oxygens (including phenoxy) is 1. The maximum absolute atomic E-state index is 12.2. The molecule has 0 aromatic heterocycles. The lowest BCUT2D eigenvalue weighted by Crippen LogP contribution is -2.12. The van der Waals surface area contributed by atoms with E-state index in [1.54, 1.807) is 43.5 Å². The van der Waals surface area contributed by atoms with Crippen molar-refractivity contribution in [3.05, 3.63) is 55.9 Å². The maximum Gasteiger partial charge on any atom is 0.256 e. The molecule has 0 unspecified atom stereocenters. The minimum absolute atomic E-state index is 0.242. The molecule has 6 heteroatoms. The predicted octanol–water partition coefficient (Wildman–Crippen LogP) is 5.13. The molecule has 2 aromatic carbocycles. The summed E-state index contributed by atoms with van der Waals surface area (Å²) in [5, 5.41) is 3.32. The second kappa shape index (κ2) is 6.61. The van der Waals surface area contributed by atoms with Crippen LogP contribution < -0.4 is 10.1 Å². The van der Waals surface area contributed by atoms with Crippen molar-refractivity contribution in [1.82, 2.24) is 0 Å². The van der Waals surface area contributed by atoms with Crippen LogP contribution in [0, 0.1) is 0 Å². The minimum Gasteiger partial charge on any atom is -0.497 e. The van der Waals surface area contributed by atoms with Gasteiger partial charge in [0.15, 0.2) is 0 Å². The lowest BCUT2D eigenvalue weighted by molar-refractivity contribution is 0.102. The predicted molar refractivity (Wildman–Crippen MR) is 87.8 cm³/mol. The van der Waals surface area contributed by atoms with E-state index in [0.29, 0.717) is 26.5 Å².